The summed E-state index contributed by atoms with van der Waals surface area (Å²) in [6, 6.07) is 7.69. The van der Waals surface area contributed by atoms with Gasteiger partial charge >= 0.3 is 0 Å². The molecule has 0 saturated heterocycles. The molecule has 0 saturated carbocycles. The Hall–Kier alpha value is -1.55. The summed E-state index contributed by atoms with van der Waals surface area (Å²) in [6.07, 6.45) is 0. The second-order valence-electron chi connectivity index (χ2n) is 4.89. The molecule has 0 aliphatic rings. The molecule has 100 valence electrons. The zero-order valence-electron chi connectivity index (χ0n) is 11.6. The highest BCUT2D eigenvalue weighted by Crippen LogP contribution is 2.14. The minimum atomic E-state index is -0.831. The molecule has 0 aliphatic carbocycles. The molecule has 0 fully saturated rings. The van der Waals surface area contributed by atoms with Crippen LogP contribution in [0, 0.1) is 0 Å². The number of nitrogens with zero attached hydrogens (tertiary/aromatic N) is 1. The van der Waals surface area contributed by atoms with Gasteiger partial charge < -0.3 is 15.4 Å². The van der Waals surface area contributed by atoms with Crippen LogP contribution in [0.2, 0.25) is 0 Å². The fraction of sp³-hybridized carbons (Fsp3) is 0.500. The number of ether oxygens (including phenoxy) is 1. The molecule has 0 spiro atoms. The monoisotopic (exact) mass is 250 g/mol. The molecule has 1 aromatic carbocycles. The van der Waals surface area contributed by atoms with Crippen molar-refractivity contribution < 1.29 is 9.53 Å². The minimum Gasteiger partial charge on any atom is -0.497 e. The normalized spacial score (nSPS) is 11.2. The number of methoxy groups -OCH3 is 1. The molecule has 18 heavy (non-hydrogen) atoms. The quantitative estimate of drug-likeness (QED) is 0.866. The van der Waals surface area contributed by atoms with Crippen LogP contribution in [0.3, 0.4) is 0 Å². The average Bonchev–Trinajstić information content (AvgIpc) is 2.34. The second-order valence-corrected chi connectivity index (χ2v) is 4.89. The Morgan fingerprint density at radius 1 is 1.33 bits per heavy atom. The number of likely N-dealkylation sites (N-methyl/N-ethyl adjacent to an activating group) is 1. The number of carbonyl (C=O) groups excluding carboxylic acids is 1. The summed E-state index contributed by atoms with van der Waals surface area (Å²) < 4.78 is 5.10. The van der Waals surface area contributed by atoms with Crippen molar-refractivity contribution in [3.8, 4) is 5.75 Å². The molecule has 1 amide bonds. The number of amides is 1. The van der Waals surface area contributed by atoms with Gasteiger partial charge in [0.1, 0.15) is 5.75 Å². The van der Waals surface area contributed by atoms with Crippen molar-refractivity contribution in [3.05, 3.63) is 29.8 Å². The largest absolute Gasteiger partial charge is 0.497 e. The van der Waals surface area contributed by atoms with Gasteiger partial charge in [-0.25, -0.2) is 0 Å². The van der Waals surface area contributed by atoms with Crippen molar-refractivity contribution in [1.82, 2.24) is 4.90 Å². The van der Waals surface area contributed by atoms with Crippen LogP contribution >= 0.6 is 0 Å². The van der Waals surface area contributed by atoms with E-state index in [1.54, 1.807) is 25.9 Å². The summed E-state index contributed by atoms with van der Waals surface area (Å²) in [4.78, 5) is 13.9. The molecule has 0 unspecified atom stereocenters. The Morgan fingerprint density at radius 3 is 2.28 bits per heavy atom. The highest BCUT2D eigenvalue weighted by molar-refractivity contribution is 5.85. The van der Waals surface area contributed by atoms with E-state index in [9.17, 15) is 4.79 Å². The molecule has 0 aliphatic heterocycles. The van der Waals surface area contributed by atoms with Crippen LogP contribution in [0.15, 0.2) is 24.3 Å². The van der Waals surface area contributed by atoms with E-state index >= 15 is 0 Å². The van der Waals surface area contributed by atoms with Gasteiger partial charge in [-0.15, -0.1) is 0 Å². The molecule has 1 rings (SSSR count). The lowest BCUT2D eigenvalue weighted by molar-refractivity contribution is -0.136. The van der Waals surface area contributed by atoms with Gasteiger partial charge in [0.05, 0.1) is 12.6 Å². The van der Waals surface area contributed by atoms with Crippen molar-refractivity contribution in [2.75, 3.05) is 13.7 Å². The van der Waals surface area contributed by atoms with Crippen LogP contribution in [-0.4, -0.2) is 30.0 Å². The van der Waals surface area contributed by atoms with Crippen LogP contribution in [0.4, 0.5) is 0 Å². The summed E-state index contributed by atoms with van der Waals surface area (Å²) in [6.45, 7) is 6.62. The molecule has 0 heterocycles. The lowest BCUT2D eigenvalue weighted by Gasteiger charge is -2.28. The number of hydrogen-bond acceptors (Lipinski definition) is 3. The van der Waals surface area contributed by atoms with E-state index in [2.05, 4.69) is 0 Å². The molecular formula is C14H22N2O2. The van der Waals surface area contributed by atoms with Gasteiger partial charge in [0.2, 0.25) is 5.91 Å². The average molecular weight is 250 g/mol. The Labute approximate surface area is 109 Å². The van der Waals surface area contributed by atoms with E-state index in [1.165, 1.54) is 0 Å². The van der Waals surface area contributed by atoms with Crippen LogP contribution in [0.25, 0.3) is 0 Å². The number of hydrogen-bond donors (Lipinski definition) is 1. The van der Waals surface area contributed by atoms with Crippen LogP contribution < -0.4 is 10.5 Å². The molecule has 0 bridgehead atoms. The highest BCUT2D eigenvalue weighted by atomic mass is 16.5. The first-order chi connectivity index (χ1) is 8.38. The Bertz CT molecular complexity index is 393. The maximum absolute atomic E-state index is 12.1. The van der Waals surface area contributed by atoms with Gasteiger partial charge in [-0.05, 0) is 38.5 Å². The van der Waals surface area contributed by atoms with Gasteiger partial charge in [-0.1, -0.05) is 12.1 Å². The SMILES string of the molecule is CCN(Cc1ccc(OC)cc1)C(=O)C(C)(C)N. The third-order valence-electron chi connectivity index (χ3n) is 2.75. The molecular weight excluding hydrogens is 228 g/mol. The predicted molar refractivity (Wildman–Crippen MR) is 72.4 cm³/mol. The van der Waals surface area contributed by atoms with E-state index < -0.39 is 5.54 Å². The summed E-state index contributed by atoms with van der Waals surface area (Å²) >= 11 is 0. The van der Waals surface area contributed by atoms with Crippen LogP contribution in [0.5, 0.6) is 5.75 Å². The Morgan fingerprint density at radius 2 is 1.89 bits per heavy atom. The lowest BCUT2D eigenvalue weighted by atomic mass is 10.0. The first-order valence-corrected chi connectivity index (χ1v) is 6.09. The summed E-state index contributed by atoms with van der Waals surface area (Å²) in [5, 5.41) is 0. The Kier molecular flexibility index (Phi) is 4.73. The zero-order chi connectivity index (χ0) is 13.8. The molecule has 0 radical (unpaired) electrons. The first-order valence-electron chi connectivity index (χ1n) is 6.09. The van der Waals surface area contributed by atoms with Gasteiger partial charge in [-0.2, -0.15) is 0 Å². The third-order valence-corrected chi connectivity index (χ3v) is 2.75. The van der Waals surface area contributed by atoms with Crippen LogP contribution in [0.1, 0.15) is 26.3 Å². The number of nitrogens with two attached hydrogens (primary N) is 1. The maximum Gasteiger partial charge on any atom is 0.242 e. The topological polar surface area (TPSA) is 55.6 Å². The molecule has 4 heteroatoms. The maximum atomic E-state index is 12.1. The van der Waals surface area contributed by atoms with E-state index in [-0.39, 0.29) is 5.91 Å². The van der Waals surface area contributed by atoms with Crippen molar-refractivity contribution in [1.29, 1.82) is 0 Å². The summed E-state index contributed by atoms with van der Waals surface area (Å²) in [5.41, 5.74) is 6.08. The molecule has 0 atom stereocenters. The highest BCUT2D eigenvalue weighted by Gasteiger charge is 2.26. The second kappa shape index (κ2) is 5.87. The number of rotatable bonds is 5. The number of benzene rings is 1. The molecule has 4 nitrogen and oxygen atoms in total. The third kappa shape index (κ3) is 3.74. The number of carbonyl (C=O) groups is 1. The summed E-state index contributed by atoms with van der Waals surface area (Å²) in [7, 11) is 1.63. The fourth-order valence-electron chi connectivity index (χ4n) is 1.69. The van der Waals surface area contributed by atoms with Crippen molar-refractivity contribution in [2.24, 2.45) is 5.73 Å². The van der Waals surface area contributed by atoms with Crippen LogP contribution in [-0.2, 0) is 11.3 Å². The Balaban J connectivity index is 2.76. The van der Waals surface area contributed by atoms with Gasteiger partial charge in [0.25, 0.3) is 0 Å². The predicted octanol–water partition coefficient (Wildman–Crippen LogP) is 1.78. The first kappa shape index (κ1) is 14.5. The van der Waals surface area contributed by atoms with E-state index in [4.69, 9.17) is 10.5 Å². The molecule has 0 aromatic heterocycles. The minimum absolute atomic E-state index is 0.0409. The summed E-state index contributed by atoms with van der Waals surface area (Å²) in [5.74, 6) is 0.771. The molecule has 2 N–H and O–H groups in total. The van der Waals surface area contributed by atoms with E-state index in [0.717, 1.165) is 11.3 Å². The standard InChI is InChI=1S/C14H22N2O2/c1-5-16(13(17)14(2,3)15)10-11-6-8-12(18-4)9-7-11/h6-9H,5,10,15H2,1-4H3. The van der Waals surface area contributed by atoms with Crippen molar-refractivity contribution in [3.63, 3.8) is 0 Å². The van der Waals surface area contributed by atoms with Gasteiger partial charge in [0.15, 0.2) is 0 Å². The smallest absolute Gasteiger partial charge is 0.242 e. The molecule has 1 aromatic rings. The zero-order valence-corrected chi connectivity index (χ0v) is 11.6. The van der Waals surface area contributed by atoms with E-state index in [0.29, 0.717) is 13.1 Å². The van der Waals surface area contributed by atoms with Crippen molar-refractivity contribution >= 4 is 5.91 Å². The van der Waals surface area contributed by atoms with Gasteiger partial charge in [0, 0.05) is 13.1 Å². The van der Waals surface area contributed by atoms with E-state index in [1.807, 2.05) is 31.2 Å². The van der Waals surface area contributed by atoms with Gasteiger partial charge in [-0.3, -0.25) is 4.79 Å². The van der Waals surface area contributed by atoms with Crippen molar-refractivity contribution in [2.45, 2.75) is 32.9 Å². The fourth-order valence-corrected chi connectivity index (χ4v) is 1.69. The lowest BCUT2D eigenvalue weighted by Crippen LogP contribution is -2.50.